The minimum Gasteiger partial charge on any atom is -0.478 e. The van der Waals surface area contributed by atoms with Crippen LogP contribution < -0.4 is 0 Å². The second-order valence-corrected chi connectivity index (χ2v) is 4.83. The Hall–Kier alpha value is -3.48. The molecule has 0 bridgehead atoms. The number of hydrogen-bond donors (Lipinski definition) is 1. The van der Waals surface area contributed by atoms with Gasteiger partial charge in [-0.25, -0.2) is 9.48 Å². The van der Waals surface area contributed by atoms with Crippen molar-refractivity contribution in [2.75, 3.05) is 0 Å². The molecule has 0 radical (unpaired) electrons. The molecule has 0 aliphatic heterocycles. The molecule has 0 fully saturated rings. The number of rotatable bonds is 4. The van der Waals surface area contributed by atoms with E-state index in [4.69, 9.17) is 5.11 Å². The molecule has 3 aromatic rings. The number of nitrogens with zero attached hydrogens (tertiary/aromatic N) is 3. The van der Waals surface area contributed by atoms with E-state index in [1.165, 1.54) is 24.3 Å². The van der Waals surface area contributed by atoms with Gasteiger partial charge in [0.05, 0.1) is 22.4 Å². The molecule has 0 atom stereocenters. The van der Waals surface area contributed by atoms with Gasteiger partial charge >= 0.3 is 5.97 Å². The van der Waals surface area contributed by atoms with Crippen molar-refractivity contribution in [1.29, 1.82) is 0 Å². The zero-order valence-corrected chi connectivity index (χ0v) is 11.8. The zero-order chi connectivity index (χ0) is 16.4. The van der Waals surface area contributed by atoms with Crippen LogP contribution in [0.5, 0.6) is 0 Å². The lowest BCUT2D eigenvalue weighted by molar-refractivity contribution is -0.384. The lowest BCUT2D eigenvalue weighted by Crippen LogP contribution is -1.99. The molecular weight excluding hydrogens is 298 g/mol. The van der Waals surface area contributed by atoms with Gasteiger partial charge in [0.15, 0.2) is 0 Å². The van der Waals surface area contributed by atoms with E-state index in [9.17, 15) is 14.9 Å². The number of nitro benzene ring substituents is 1. The van der Waals surface area contributed by atoms with Crippen molar-refractivity contribution in [3.63, 3.8) is 0 Å². The first kappa shape index (κ1) is 14.5. The highest BCUT2D eigenvalue weighted by Crippen LogP contribution is 2.23. The molecule has 2 aromatic carbocycles. The summed E-state index contributed by atoms with van der Waals surface area (Å²) in [6.07, 6.45) is 3.36. The summed E-state index contributed by atoms with van der Waals surface area (Å²) in [5.41, 5.74) is 2.39. The predicted molar refractivity (Wildman–Crippen MR) is 82.6 cm³/mol. The molecule has 0 unspecified atom stereocenters. The van der Waals surface area contributed by atoms with Gasteiger partial charge in [0.1, 0.15) is 0 Å². The molecule has 0 spiro atoms. The number of aromatic carboxylic acids is 1. The third-order valence-electron chi connectivity index (χ3n) is 3.35. The van der Waals surface area contributed by atoms with Crippen LogP contribution in [0.15, 0.2) is 60.9 Å². The Kier molecular flexibility index (Phi) is 3.60. The number of non-ortho nitro benzene ring substituents is 1. The van der Waals surface area contributed by atoms with Crippen LogP contribution in [0.2, 0.25) is 0 Å². The van der Waals surface area contributed by atoms with Crippen molar-refractivity contribution in [1.82, 2.24) is 9.78 Å². The first-order chi connectivity index (χ1) is 11.0. The number of carbonyl (C=O) groups is 1. The van der Waals surface area contributed by atoms with E-state index >= 15 is 0 Å². The first-order valence-corrected chi connectivity index (χ1v) is 6.68. The van der Waals surface area contributed by atoms with Crippen LogP contribution in [-0.4, -0.2) is 25.8 Å². The Labute approximate surface area is 130 Å². The quantitative estimate of drug-likeness (QED) is 0.589. The molecule has 0 amide bonds. The van der Waals surface area contributed by atoms with Gasteiger partial charge in [-0.15, -0.1) is 0 Å². The monoisotopic (exact) mass is 309 g/mol. The average molecular weight is 309 g/mol. The van der Waals surface area contributed by atoms with E-state index in [-0.39, 0.29) is 11.3 Å². The molecule has 23 heavy (non-hydrogen) atoms. The van der Waals surface area contributed by atoms with E-state index in [0.29, 0.717) is 5.69 Å². The molecule has 1 N–H and O–H groups in total. The first-order valence-electron chi connectivity index (χ1n) is 6.68. The highest BCUT2D eigenvalue weighted by atomic mass is 16.6. The summed E-state index contributed by atoms with van der Waals surface area (Å²) in [7, 11) is 0. The van der Waals surface area contributed by atoms with Crippen LogP contribution in [0, 0.1) is 10.1 Å². The number of aromatic nitrogens is 2. The number of benzene rings is 2. The van der Waals surface area contributed by atoms with E-state index in [0.717, 1.165) is 11.1 Å². The molecule has 1 aromatic heterocycles. The SMILES string of the molecule is O=C(O)c1cccc(-n2cc(-c3ccc([N+](=O)[O-])cc3)cn2)c1. The molecular formula is C16H11N3O4. The smallest absolute Gasteiger partial charge is 0.335 e. The maximum Gasteiger partial charge on any atom is 0.335 e. The summed E-state index contributed by atoms with van der Waals surface area (Å²) < 4.78 is 1.56. The summed E-state index contributed by atoms with van der Waals surface area (Å²) in [6, 6.07) is 12.6. The van der Waals surface area contributed by atoms with Crippen LogP contribution in [-0.2, 0) is 0 Å². The second-order valence-electron chi connectivity index (χ2n) is 4.83. The summed E-state index contributed by atoms with van der Waals surface area (Å²) in [4.78, 5) is 21.2. The van der Waals surface area contributed by atoms with Crippen LogP contribution in [0.1, 0.15) is 10.4 Å². The van der Waals surface area contributed by atoms with Gasteiger partial charge in [-0.3, -0.25) is 10.1 Å². The van der Waals surface area contributed by atoms with Gasteiger partial charge in [-0.2, -0.15) is 5.10 Å². The molecule has 7 nitrogen and oxygen atoms in total. The zero-order valence-electron chi connectivity index (χ0n) is 11.8. The third-order valence-corrected chi connectivity index (χ3v) is 3.35. The van der Waals surface area contributed by atoms with Gasteiger partial charge in [-0.05, 0) is 35.9 Å². The number of carboxylic acid groups (broad SMARTS) is 1. The van der Waals surface area contributed by atoms with Crippen molar-refractivity contribution < 1.29 is 14.8 Å². The van der Waals surface area contributed by atoms with E-state index in [2.05, 4.69) is 5.10 Å². The van der Waals surface area contributed by atoms with Gasteiger partial charge in [0.2, 0.25) is 0 Å². The van der Waals surface area contributed by atoms with Crippen molar-refractivity contribution >= 4 is 11.7 Å². The Balaban J connectivity index is 1.92. The van der Waals surface area contributed by atoms with Gasteiger partial charge < -0.3 is 5.11 Å². The van der Waals surface area contributed by atoms with Crippen LogP contribution in [0.25, 0.3) is 16.8 Å². The highest BCUT2D eigenvalue weighted by molar-refractivity contribution is 5.88. The Morgan fingerprint density at radius 2 is 1.87 bits per heavy atom. The van der Waals surface area contributed by atoms with Gasteiger partial charge in [0, 0.05) is 23.9 Å². The fraction of sp³-hybridized carbons (Fsp3) is 0. The molecule has 7 heteroatoms. The Morgan fingerprint density at radius 3 is 2.52 bits per heavy atom. The normalized spacial score (nSPS) is 10.4. The molecule has 114 valence electrons. The van der Waals surface area contributed by atoms with E-state index in [1.807, 2.05) is 0 Å². The fourth-order valence-electron chi connectivity index (χ4n) is 2.17. The highest BCUT2D eigenvalue weighted by Gasteiger charge is 2.09. The topological polar surface area (TPSA) is 98.3 Å². The van der Waals surface area contributed by atoms with Gasteiger partial charge in [-0.1, -0.05) is 6.07 Å². The Bertz CT molecular complexity index is 884. The fourth-order valence-corrected chi connectivity index (χ4v) is 2.17. The standard InChI is InChI=1S/C16H11N3O4/c20-16(21)12-2-1-3-15(8-12)18-10-13(9-17-18)11-4-6-14(7-5-11)19(22)23/h1-10H,(H,20,21). The second kappa shape index (κ2) is 5.72. The minimum absolute atomic E-state index is 0.0234. The summed E-state index contributed by atoms with van der Waals surface area (Å²) in [5, 5.41) is 23.9. The lowest BCUT2D eigenvalue weighted by Gasteiger charge is -2.02. The predicted octanol–water partition coefficient (Wildman–Crippen LogP) is 3.15. The van der Waals surface area contributed by atoms with E-state index < -0.39 is 10.9 Å². The molecule has 0 aliphatic rings. The minimum atomic E-state index is -1.01. The maximum atomic E-state index is 11.0. The van der Waals surface area contributed by atoms with Crippen LogP contribution >= 0.6 is 0 Å². The molecule has 3 rings (SSSR count). The summed E-state index contributed by atoms with van der Waals surface area (Å²) in [6.45, 7) is 0. The van der Waals surface area contributed by atoms with E-state index in [1.54, 1.807) is 41.3 Å². The molecule has 0 saturated heterocycles. The Morgan fingerprint density at radius 1 is 1.13 bits per heavy atom. The molecule has 1 heterocycles. The number of hydrogen-bond acceptors (Lipinski definition) is 4. The van der Waals surface area contributed by atoms with Crippen LogP contribution in [0.4, 0.5) is 5.69 Å². The van der Waals surface area contributed by atoms with Crippen molar-refractivity contribution in [3.8, 4) is 16.8 Å². The average Bonchev–Trinajstić information content (AvgIpc) is 3.05. The third kappa shape index (κ3) is 2.93. The number of carboxylic acids is 1. The maximum absolute atomic E-state index is 11.0. The molecule has 0 saturated carbocycles. The van der Waals surface area contributed by atoms with Crippen LogP contribution in [0.3, 0.4) is 0 Å². The largest absolute Gasteiger partial charge is 0.478 e. The van der Waals surface area contributed by atoms with Crippen molar-refractivity contribution in [2.45, 2.75) is 0 Å². The summed E-state index contributed by atoms with van der Waals surface area (Å²) in [5.74, 6) is -1.01. The lowest BCUT2D eigenvalue weighted by atomic mass is 10.1. The van der Waals surface area contributed by atoms with Crippen molar-refractivity contribution in [2.24, 2.45) is 0 Å². The molecule has 0 aliphatic carbocycles. The summed E-state index contributed by atoms with van der Waals surface area (Å²) >= 11 is 0. The number of nitro groups is 1. The van der Waals surface area contributed by atoms with Gasteiger partial charge in [0.25, 0.3) is 5.69 Å². The van der Waals surface area contributed by atoms with Crippen molar-refractivity contribution in [3.05, 3.63) is 76.6 Å².